The molecule has 33 heavy (non-hydrogen) atoms. The van der Waals surface area contributed by atoms with E-state index in [1.165, 1.54) is 22.2 Å². The Hall–Kier alpha value is -2.62. The van der Waals surface area contributed by atoms with Gasteiger partial charge in [-0.25, -0.2) is 22.6 Å². The van der Waals surface area contributed by atoms with E-state index >= 15 is 0 Å². The average Bonchev–Trinajstić information content (AvgIpc) is 3.26. The number of hydrogen-bond acceptors (Lipinski definition) is 7. The number of anilines is 4. The van der Waals surface area contributed by atoms with Crippen LogP contribution in [-0.2, 0) is 10.0 Å². The molecule has 176 valence electrons. The second kappa shape index (κ2) is 11.5. The Morgan fingerprint density at radius 3 is 2.67 bits per heavy atom. The van der Waals surface area contributed by atoms with Crippen LogP contribution in [0.25, 0.3) is 4.85 Å². The molecule has 8 nitrogen and oxygen atoms in total. The minimum Gasteiger partial charge on any atom is -0.373 e. The number of benzene rings is 2. The van der Waals surface area contributed by atoms with Gasteiger partial charge >= 0.3 is 0 Å². The van der Waals surface area contributed by atoms with Gasteiger partial charge in [-0.05, 0) is 25.2 Å². The lowest BCUT2D eigenvalue weighted by molar-refractivity contribution is 0.570. The Morgan fingerprint density at radius 1 is 1.27 bits per heavy atom. The highest BCUT2D eigenvalue weighted by Gasteiger charge is 2.23. The predicted molar refractivity (Wildman–Crippen MR) is 135 cm³/mol. The Bertz CT molecular complexity index is 1250. The molecule has 3 aromatic rings. The summed E-state index contributed by atoms with van der Waals surface area (Å²) in [5.74, 6) is -0.871. The summed E-state index contributed by atoms with van der Waals surface area (Å²) < 4.78 is 42.1. The molecule has 1 heterocycles. The third kappa shape index (κ3) is 6.46. The molecule has 0 fully saturated rings. The fourth-order valence-electron chi connectivity index (χ4n) is 2.84. The van der Waals surface area contributed by atoms with Gasteiger partial charge in [0.1, 0.15) is 10.7 Å². The van der Waals surface area contributed by atoms with E-state index in [9.17, 15) is 12.8 Å². The second-order valence-corrected chi connectivity index (χ2v) is 9.48. The molecule has 0 amide bonds. The van der Waals surface area contributed by atoms with Crippen molar-refractivity contribution in [2.24, 2.45) is 0 Å². The number of sulfonamides is 1. The molecule has 0 atom stereocenters. The zero-order valence-electron chi connectivity index (χ0n) is 17.6. The molecule has 0 unspecified atom stereocenters. The molecule has 13 heteroatoms. The van der Waals surface area contributed by atoms with Crippen molar-refractivity contribution in [1.82, 2.24) is 10.3 Å². The minimum absolute atomic E-state index is 0. The summed E-state index contributed by atoms with van der Waals surface area (Å²) in [6.07, 6.45) is 0. The Morgan fingerprint density at radius 2 is 2.03 bits per heavy atom. The van der Waals surface area contributed by atoms with Crippen LogP contribution in [0.5, 0.6) is 0 Å². The van der Waals surface area contributed by atoms with Crippen LogP contribution in [-0.4, -0.2) is 40.6 Å². The second-order valence-electron chi connectivity index (χ2n) is 6.71. The van der Waals surface area contributed by atoms with Crippen LogP contribution in [0.3, 0.4) is 0 Å². The van der Waals surface area contributed by atoms with E-state index < -0.39 is 20.7 Å². The van der Waals surface area contributed by atoms with E-state index in [1.807, 2.05) is 19.0 Å². The van der Waals surface area contributed by atoms with Crippen LogP contribution in [0.4, 0.5) is 33.0 Å². The van der Waals surface area contributed by atoms with E-state index in [0.717, 1.165) is 12.1 Å². The SMILES string of the molecule is Cl.[C-]#[N+]c1ccc(Nc2cc(F)c(S(=O)(=O)Nc3cscn3)cc2Cl)c(N(C)CCNC)c1. The molecule has 0 bridgehead atoms. The normalized spacial score (nSPS) is 10.8. The maximum Gasteiger partial charge on any atom is 0.266 e. The maximum atomic E-state index is 14.8. The van der Waals surface area contributed by atoms with Gasteiger partial charge in [0.2, 0.25) is 0 Å². The van der Waals surface area contributed by atoms with Crippen molar-refractivity contribution in [3.8, 4) is 0 Å². The Balaban J connectivity index is 0.00000385. The summed E-state index contributed by atoms with van der Waals surface area (Å²) in [6, 6.07) is 7.11. The van der Waals surface area contributed by atoms with Crippen LogP contribution < -0.4 is 20.3 Å². The van der Waals surface area contributed by atoms with Crippen molar-refractivity contribution >= 4 is 73.9 Å². The van der Waals surface area contributed by atoms with Gasteiger partial charge in [0.05, 0.1) is 28.5 Å². The molecule has 2 aromatic carbocycles. The number of nitrogens with zero attached hydrogens (tertiary/aromatic N) is 3. The van der Waals surface area contributed by atoms with Gasteiger partial charge in [-0.3, -0.25) is 4.72 Å². The Labute approximate surface area is 207 Å². The van der Waals surface area contributed by atoms with E-state index in [2.05, 4.69) is 25.2 Å². The van der Waals surface area contributed by atoms with Crippen molar-refractivity contribution in [1.29, 1.82) is 0 Å². The monoisotopic (exact) mass is 530 g/mol. The molecule has 0 saturated heterocycles. The van der Waals surface area contributed by atoms with Gasteiger partial charge in [-0.15, -0.1) is 23.7 Å². The number of nitrogens with one attached hydrogen (secondary N) is 3. The molecule has 3 rings (SSSR count). The fourth-order valence-corrected chi connectivity index (χ4v) is 4.76. The average molecular weight is 531 g/mol. The van der Waals surface area contributed by atoms with Crippen LogP contribution in [0, 0.1) is 12.4 Å². The summed E-state index contributed by atoms with van der Waals surface area (Å²) in [7, 11) is -0.502. The van der Waals surface area contributed by atoms with Crippen LogP contribution in [0.1, 0.15) is 0 Å². The molecular formula is C20H21Cl2FN6O2S2. The highest BCUT2D eigenvalue weighted by Crippen LogP contribution is 2.36. The lowest BCUT2D eigenvalue weighted by Gasteiger charge is -2.24. The van der Waals surface area contributed by atoms with Gasteiger partial charge in [-0.1, -0.05) is 17.7 Å². The lowest BCUT2D eigenvalue weighted by atomic mass is 10.2. The summed E-state index contributed by atoms with van der Waals surface area (Å²) in [5.41, 5.74) is 3.41. The molecule has 0 radical (unpaired) electrons. The van der Waals surface area contributed by atoms with E-state index in [1.54, 1.807) is 18.2 Å². The van der Waals surface area contributed by atoms with E-state index in [-0.39, 0.29) is 28.9 Å². The molecule has 0 spiro atoms. The van der Waals surface area contributed by atoms with Crippen LogP contribution in [0.2, 0.25) is 5.02 Å². The van der Waals surface area contributed by atoms with Crippen molar-refractivity contribution in [2.75, 3.05) is 42.1 Å². The molecule has 0 saturated carbocycles. The third-order valence-electron chi connectivity index (χ3n) is 4.47. The number of thiazole rings is 1. The van der Waals surface area contributed by atoms with Gasteiger partial charge in [0, 0.05) is 37.3 Å². The van der Waals surface area contributed by atoms with Crippen LogP contribution in [0.15, 0.2) is 46.1 Å². The fraction of sp³-hybridized carbons (Fsp3) is 0.200. The predicted octanol–water partition coefficient (Wildman–Crippen LogP) is 5.11. The molecule has 0 aliphatic carbocycles. The quantitative estimate of drug-likeness (QED) is 0.333. The lowest BCUT2D eigenvalue weighted by Crippen LogP contribution is -2.27. The molecule has 1 aromatic heterocycles. The molecule has 0 aliphatic heterocycles. The summed E-state index contributed by atoms with van der Waals surface area (Å²) in [6.45, 7) is 8.64. The van der Waals surface area contributed by atoms with Gasteiger partial charge in [0.15, 0.2) is 11.5 Å². The molecular weight excluding hydrogens is 510 g/mol. The first-order chi connectivity index (χ1) is 15.2. The van der Waals surface area contributed by atoms with Crippen LogP contribution >= 0.6 is 35.3 Å². The van der Waals surface area contributed by atoms with E-state index in [4.69, 9.17) is 18.2 Å². The first-order valence-corrected chi connectivity index (χ1v) is 12.1. The summed E-state index contributed by atoms with van der Waals surface area (Å²) >= 11 is 7.51. The number of hydrogen-bond donors (Lipinski definition) is 3. The van der Waals surface area contributed by atoms with Crippen molar-refractivity contribution in [2.45, 2.75) is 4.90 Å². The zero-order valence-corrected chi connectivity index (χ0v) is 20.8. The standard InChI is InChI=1S/C20H20ClFN6O2S2.ClH/c1-23-6-7-28(3)18-8-13(24-2)4-5-16(18)26-17-10-15(22)19(9-14(17)21)32(29,30)27-20-11-31-12-25-20;/h4-5,8-12,23,26-27H,6-7H2,1,3H3;1H. The number of halogens is 3. The van der Waals surface area contributed by atoms with Crippen molar-refractivity contribution < 1.29 is 12.8 Å². The molecule has 3 N–H and O–H groups in total. The van der Waals surface area contributed by atoms with Crippen molar-refractivity contribution in [3.05, 3.63) is 63.5 Å². The smallest absolute Gasteiger partial charge is 0.266 e. The number of aromatic nitrogens is 1. The van der Waals surface area contributed by atoms with Gasteiger partial charge in [0.25, 0.3) is 10.0 Å². The highest BCUT2D eigenvalue weighted by atomic mass is 35.5. The molecule has 0 aliphatic rings. The Kier molecular flexibility index (Phi) is 9.27. The third-order valence-corrected chi connectivity index (χ3v) is 6.74. The van der Waals surface area contributed by atoms with Crippen molar-refractivity contribution in [3.63, 3.8) is 0 Å². The van der Waals surface area contributed by atoms with E-state index in [0.29, 0.717) is 30.2 Å². The summed E-state index contributed by atoms with van der Waals surface area (Å²) in [5, 5.41) is 7.62. The minimum atomic E-state index is -4.21. The largest absolute Gasteiger partial charge is 0.373 e. The zero-order chi connectivity index (χ0) is 23.3. The number of likely N-dealkylation sites (N-methyl/N-ethyl adjacent to an activating group) is 2. The van der Waals surface area contributed by atoms with Gasteiger partial charge in [-0.2, -0.15) is 0 Å². The number of rotatable bonds is 9. The van der Waals surface area contributed by atoms with Gasteiger partial charge < -0.3 is 15.5 Å². The first kappa shape index (κ1) is 26.6. The maximum absolute atomic E-state index is 14.8. The summed E-state index contributed by atoms with van der Waals surface area (Å²) in [4.78, 5) is 8.65. The topological polar surface area (TPSA) is 90.7 Å². The first-order valence-electron chi connectivity index (χ1n) is 9.29. The highest BCUT2D eigenvalue weighted by molar-refractivity contribution is 7.92.